The van der Waals surface area contributed by atoms with Crippen molar-refractivity contribution in [3.8, 4) is 0 Å². The number of carbonyl (C=O) groups excluding carboxylic acids is 1. The van der Waals surface area contributed by atoms with Gasteiger partial charge in [0, 0.05) is 79.6 Å². The highest BCUT2D eigenvalue weighted by Crippen LogP contribution is 2.61. The van der Waals surface area contributed by atoms with Crippen molar-refractivity contribution < 1.29 is 34.5 Å². The second kappa shape index (κ2) is 25.3. The van der Waals surface area contributed by atoms with Crippen molar-refractivity contribution in [3.05, 3.63) is 89.3 Å². The van der Waals surface area contributed by atoms with Gasteiger partial charge in [0.15, 0.2) is 0 Å². The van der Waals surface area contributed by atoms with Crippen molar-refractivity contribution in [3.63, 3.8) is 0 Å². The first-order valence-corrected chi connectivity index (χ1v) is 22.8. The summed E-state index contributed by atoms with van der Waals surface area (Å²) in [6.45, 7) is 18.4. The number of nitrogens with zero attached hydrogens (tertiary/aromatic N) is 2. The number of aliphatic carboxylic acids is 3. The third-order valence-electron chi connectivity index (χ3n) is 13.1. The summed E-state index contributed by atoms with van der Waals surface area (Å²) < 4.78 is 0. The van der Waals surface area contributed by atoms with Crippen molar-refractivity contribution in [1.29, 1.82) is 0 Å². The van der Waals surface area contributed by atoms with Gasteiger partial charge in [0.2, 0.25) is 0 Å². The number of carboxylic acids is 3. The molecule has 1 saturated carbocycles. The molecular weight excluding hydrogens is 769 g/mol. The fourth-order valence-electron chi connectivity index (χ4n) is 9.07. The van der Waals surface area contributed by atoms with Crippen LogP contribution >= 0.6 is 0 Å². The molecule has 0 spiro atoms. The molecule has 2 aliphatic carbocycles. The zero-order chi connectivity index (χ0) is 45.0. The predicted octanol–water partition coefficient (Wildman–Crippen LogP) is 9.80. The SMILES string of the molecule is C=C(/C=C\C(=C(/C)CCCCCCCC(=O)O)N(CCCCCC(=O)O)CCCCCC(=O)O)NC(=O)C1=CC2C(C=C1)C(N)(CCc1ccc(N(CC)CC)cc1)C2(C)C. The van der Waals surface area contributed by atoms with E-state index in [1.165, 1.54) is 16.8 Å². The minimum absolute atomic E-state index is 0.131. The summed E-state index contributed by atoms with van der Waals surface area (Å²) in [7, 11) is 0. The number of carboxylic acid groups (broad SMARTS) is 3. The fraction of sp³-hybridized carbons (Fsp3) is 0.600. The van der Waals surface area contributed by atoms with Crippen LogP contribution < -0.4 is 16.0 Å². The maximum absolute atomic E-state index is 13.7. The largest absolute Gasteiger partial charge is 0.481 e. The number of carbonyl (C=O) groups is 4. The number of rotatable bonds is 31. The maximum atomic E-state index is 13.7. The molecule has 11 heteroatoms. The summed E-state index contributed by atoms with van der Waals surface area (Å²) >= 11 is 0. The molecule has 3 unspecified atom stereocenters. The van der Waals surface area contributed by atoms with E-state index >= 15 is 0 Å². The number of hydrogen-bond acceptors (Lipinski definition) is 7. The first-order chi connectivity index (χ1) is 29.0. The molecule has 0 aliphatic heterocycles. The van der Waals surface area contributed by atoms with E-state index in [0.717, 1.165) is 89.4 Å². The molecule has 3 atom stereocenters. The molecule has 6 N–H and O–H groups in total. The second-order valence-electron chi connectivity index (χ2n) is 17.7. The molecule has 11 nitrogen and oxygen atoms in total. The van der Waals surface area contributed by atoms with Gasteiger partial charge in [-0.15, -0.1) is 0 Å². The molecule has 0 aromatic heterocycles. The van der Waals surface area contributed by atoms with E-state index < -0.39 is 23.4 Å². The number of anilines is 1. The summed E-state index contributed by atoms with van der Waals surface area (Å²) in [6.07, 6.45) is 21.8. The molecule has 3 rings (SSSR count). The smallest absolute Gasteiger partial charge is 0.303 e. The summed E-state index contributed by atoms with van der Waals surface area (Å²) in [5.41, 5.74) is 12.4. The summed E-state index contributed by atoms with van der Waals surface area (Å²) in [6, 6.07) is 8.82. The molecule has 1 fully saturated rings. The average Bonchev–Trinajstić information content (AvgIpc) is 3.22. The van der Waals surface area contributed by atoms with Gasteiger partial charge in [0.1, 0.15) is 0 Å². The topological polar surface area (TPSA) is 174 Å². The fourth-order valence-corrected chi connectivity index (χ4v) is 9.07. The van der Waals surface area contributed by atoms with E-state index in [2.05, 4.69) is 92.7 Å². The Morgan fingerprint density at radius 1 is 0.754 bits per heavy atom. The highest BCUT2D eigenvalue weighted by Gasteiger charge is 2.63. The molecule has 2 aliphatic rings. The standard InChI is InChI=1S/C50H76N4O7/c1-7-53(8-2)41-28-25-39(26-29-41)32-33-50(51)42-30-27-40(36-43(42)49(50,5)6)48(61)52-38(4)24-31-44(37(3)20-14-10-9-11-15-21-45(55)56)54(34-18-12-16-22-46(57)58)35-19-13-17-23-47(59)60/h24-31,36,42-43H,4,7-23,32-35,51H2,1-3,5-6H3,(H,52,61)(H,55,56)(H,57,58)(H,59,60)/b31-24-,44-37-. The number of fused-ring (bicyclic) bond motifs is 1. The van der Waals surface area contributed by atoms with Crippen LogP contribution in [0.5, 0.6) is 0 Å². The average molecular weight is 845 g/mol. The van der Waals surface area contributed by atoms with Gasteiger partial charge in [-0.3, -0.25) is 19.2 Å². The van der Waals surface area contributed by atoms with E-state index in [0.29, 0.717) is 43.6 Å². The number of nitrogens with one attached hydrogen (secondary N) is 1. The Hall–Kier alpha value is -4.64. The van der Waals surface area contributed by atoms with Gasteiger partial charge in [-0.1, -0.05) is 82.9 Å². The van der Waals surface area contributed by atoms with Crippen molar-refractivity contribution in [2.24, 2.45) is 23.0 Å². The van der Waals surface area contributed by atoms with E-state index in [4.69, 9.17) is 21.1 Å². The lowest BCUT2D eigenvalue weighted by atomic mass is 9.41. The number of amides is 1. The molecule has 1 amide bonds. The number of allylic oxidation sites excluding steroid dienone is 4. The minimum Gasteiger partial charge on any atom is -0.481 e. The Labute approximate surface area is 365 Å². The van der Waals surface area contributed by atoms with Crippen LogP contribution in [-0.4, -0.2) is 75.8 Å². The molecule has 1 aromatic rings. The predicted molar refractivity (Wildman–Crippen MR) is 246 cm³/mol. The normalized spacial score (nSPS) is 19.3. The van der Waals surface area contributed by atoms with Gasteiger partial charge in [0.05, 0.1) is 0 Å². The van der Waals surface area contributed by atoms with Gasteiger partial charge in [-0.25, -0.2) is 0 Å². The van der Waals surface area contributed by atoms with Gasteiger partial charge in [-0.05, 0) is 125 Å². The number of aryl methyl sites for hydroxylation is 1. The first kappa shape index (κ1) is 50.7. The lowest BCUT2D eigenvalue weighted by molar-refractivity contribution is -0.138. The van der Waals surface area contributed by atoms with Gasteiger partial charge in [-0.2, -0.15) is 0 Å². The summed E-state index contributed by atoms with van der Waals surface area (Å²) in [5, 5.41) is 30.3. The Morgan fingerprint density at radius 3 is 1.79 bits per heavy atom. The van der Waals surface area contributed by atoms with E-state index in [9.17, 15) is 19.2 Å². The lowest BCUT2D eigenvalue weighted by Crippen LogP contribution is -2.72. The van der Waals surface area contributed by atoms with Crippen molar-refractivity contribution >= 4 is 29.5 Å². The third kappa shape index (κ3) is 15.6. The molecule has 0 radical (unpaired) electrons. The van der Waals surface area contributed by atoms with Crippen LogP contribution in [0.15, 0.2) is 83.8 Å². The zero-order valence-corrected chi connectivity index (χ0v) is 37.9. The maximum Gasteiger partial charge on any atom is 0.303 e. The molecule has 61 heavy (non-hydrogen) atoms. The number of unbranched alkanes of at least 4 members (excludes halogenated alkanes) is 8. The summed E-state index contributed by atoms with van der Waals surface area (Å²) in [5.74, 6) is -2.32. The first-order valence-electron chi connectivity index (χ1n) is 22.8. The molecule has 0 saturated heterocycles. The van der Waals surface area contributed by atoms with Crippen LogP contribution in [0.2, 0.25) is 0 Å². The van der Waals surface area contributed by atoms with Crippen LogP contribution in [0, 0.1) is 17.3 Å². The highest BCUT2D eigenvalue weighted by atomic mass is 16.4. The number of hydrogen-bond donors (Lipinski definition) is 5. The van der Waals surface area contributed by atoms with Gasteiger partial charge < -0.3 is 36.2 Å². The number of nitrogens with two attached hydrogens (primary N) is 1. The monoisotopic (exact) mass is 845 g/mol. The van der Waals surface area contributed by atoms with Crippen molar-refractivity contribution in [1.82, 2.24) is 10.2 Å². The van der Waals surface area contributed by atoms with Crippen molar-refractivity contribution in [2.75, 3.05) is 31.1 Å². The Balaban J connectivity index is 1.71. The Bertz CT molecular complexity index is 1720. The van der Waals surface area contributed by atoms with Gasteiger partial charge >= 0.3 is 17.9 Å². The second-order valence-corrected chi connectivity index (χ2v) is 17.7. The molecule has 338 valence electrons. The minimum atomic E-state index is -0.801. The van der Waals surface area contributed by atoms with E-state index in [-0.39, 0.29) is 42.4 Å². The lowest BCUT2D eigenvalue weighted by Gasteiger charge is -2.65. The molecule has 0 bridgehead atoms. The molecule has 0 heterocycles. The zero-order valence-electron chi connectivity index (χ0n) is 37.9. The van der Waals surface area contributed by atoms with Crippen LogP contribution in [0.4, 0.5) is 5.69 Å². The quantitative estimate of drug-likeness (QED) is 0.0358. The van der Waals surface area contributed by atoms with Crippen LogP contribution in [0.1, 0.15) is 143 Å². The van der Waals surface area contributed by atoms with Crippen LogP contribution in [0.3, 0.4) is 0 Å². The Morgan fingerprint density at radius 2 is 1.26 bits per heavy atom. The Kier molecular flexibility index (Phi) is 21.1. The molecular formula is C50H76N4O7. The third-order valence-corrected chi connectivity index (χ3v) is 13.1. The highest BCUT2D eigenvalue weighted by molar-refractivity contribution is 5.97. The summed E-state index contributed by atoms with van der Waals surface area (Å²) in [4.78, 5) is 51.5. The van der Waals surface area contributed by atoms with Crippen LogP contribution in [0.25, 0.3) is 0 Å². The van der Waals surface area contributed by atoms with Crippen LogP contribution in [-0.2, 0) is 25.6 Å². The number of benzene rings is 1. The van der Waals surface area contributed by atoms with Crippen molar-refractivity contribution in [2.45, 2.75) is 149 Å². The van der Waals surface area contributed by atoms with Gasteiger partial charge in [0.25, 0.3) is 5.91 Å². The van der Waals surface area contributed by atoms with E-state index in [1.807, 2.05) is 18.2 Å². The van der Waals surface area contributed by atoms with E-state index in [1.54, 1.807) is 0 Å². The molecule has 1 aromatic carbocycles.